The number of aromatic amines is 1. The summed E-state index contributed by atoms with van der Waals surface area (Å²) in [7, 11) is -1.77. The fourth-order valence-electron chi connectivity index (χ4n) is 3.93. The maximum atomic E-state index is 12.5. The number of aromatic nitrogens is 2. The summed E-state index contributed by atoms with van der Waals surface area (Å²) >= 11 is 0. The number of benzene rings is 2. The summed E-state index contributed by atoms with van der Waals surface area (Å²) in [6.07, 6.45) is 6.22. The molecule has 2 heterocycles. The number of methoxy groups -OCH3 is 1. The highest BCUT2D eigenvalue weighted by Gasteiger charge is 2.38. The summed E-state index contributed by atoms with van der Waals surface area (Å²) in [5, 5.41) is 0. The maximum absolute atomic E-state index is 12.5. The van der Waals surface area contributed by atoms with Gasteiger partial charge in [-0.2, -0.15) is 0 Å². The molecule has 0 unspecified atom stereocenters. The smallest absolute Gasteiger partial charge is 0.333 e. The van der Waals surface area contributed by atoms with Crippen molar-refractivity contribution in [1.29, 1.82) is 0 Å². The normalized spacial score (nSPS) is 14.6. The number of hydrogen-bond donors (Lipinski definition) is 2. The molecule has 4 rings (SSSR count). The first-order valence-corrected chi connectivity index (χ1v) is 12.3. The number of fused-ring (bicyclic) bond motifs is 1. The second-order valence-corrected chi connectivity index (χ2v) is 10.5. The Balaban J connectivity index is 1.83. The molecule has 0 bridgehead atoms. The number of rotatable bonds is 6. The topological polar surface area (TPSA) is 119 Å². The van der Waals surface area contributed by atoms with Gasteiger partial charge < -0.3 is 9.47 Å². The van der Waals surface area contributed by atoms with E-state index in [1.54, 1.807) is 37.4 Å². The van der Waals surface area contributed by atoms with Gasteiger partial charge in [0.05, 0.1) is 25.7 Å². The first-order valence-electron chi connectivity index (χ1n) is 10.4. The first-order chi connectivity index (χ1) is 16.0. The lowest BCUT2D eigenvalue weighted by atomic mass is 9.84. The van der Waals surface area contributed by atoms with Gasteiger partial charge in [-0.15, -0.1) is 0 Å². The Morgan fingerprint density at radius 3 is 2.47 bits per heavy atom. The number of anilines is 1. The highest BCUT2D eigenvalue weighted by molar-refractivity contribution is 7.92. The zero-order chi connectivity index (χ0) is 24.7. The van der Waals surface area contributed by atoms with Gasteiger partial charge in [-0.3, -0.25) is 19.1 Å². The van der Waals surface area contributed by atoms with E-state index >= 15 is 0 Å². The second-order valence-electron chi connectivity index (χ2n) is 8.70. The fourth-order valence-corrected chi connectivity index (χ4v) is 4.50. The Morgan fingerprint density at radius 2 is 1.85 bits per heavy atom. The molecule has 0 fully saturated rings. The third-order valence-corrected chi connectivity index (χ3v) is 6.06. The predicted octanol–water partition coefficient (Wildman–Crippen LogP) is 2.75. The van der Waals surface area contributed by atoms with Crippen LogP contribution in [0, 0.1) is 0 Å². The molecule has 1 aromatic heterocycles. The Morgan fingerprint density at radius 1 is 1.15 bits per heavy atom. The molecular weight excluding hydrogens is 458 g/mol. The third kappa shape index (κ3) is 4.62. The summed E-state index contributed by atoms with van der Waals surface area (Å²) in [5.41, 5.74) is 1.91. The molecule has 2 aromatic carbocycles. The van der Waals surface area contributed by atoms with E-state index in [0.29, 0.717) is 35.0 Å². The van der Waals surface area contributed by atoms with E-state index in [-0.39, 0.29) is 5.41 Å². The summed E-state index contributed by atoms with van der Waals surface area (Å²) in [4.78, 5) is 26.4. The SMILES string of the molecule is COc1c(/C=C/c2ccc(NS(C)(=O)=O)cc2)cc(-n2ccc(=O)[nH]c2=O)c2c1C(C)(C)CO2. The average molecular weight is 484 g/mol. The summed E-state index contributed by atoms with van der Waals surface area (Å²) in [5.74, 6) is 1.16. The molecule has 0 aliphatic carbocycles. The summed E-state index contributed by atoms with van der Waals surface area (Å²) < 4.78 is 38.3. The lowest BCUT2D eigenvalue weighted by Gasteiger charge is -2.21. The van der Waals surface area contributed by atoms with E-state index < -0.39 is 21.3 Å². The van der Waals surface area contributed by atoms with Crippen LogP contribution >= 0.6 is 0 Å². The van der Waals surface area contributed by atoms with Crippen LogP contribution in [0.15, 0.2) is 52.2 Å². The quantitative estimate of drug-likeness (QED) is 0.521. The van der Waals surface area contributed by atoms with Crippen molar-refractivity contribution in [2.24, 2.45) is 0 Å². The van der Waals surface area contributed by atoms with E-state index in [9.17, 15) is 18.0 Å². The molecule has 0 spiro atoms. The van der Waals surface area contributed by atoms with E-state index in [1.807, 2.05) is 26.0 Å². The Bertz CT molecular complexity index is 1500. The number of nitrogens with one attached hydrogen (secondary N) is 2. The standard InChI is InChI=1S/C24H25N3O6S/c1-24(2)14-33-22-18(27-12-11-19(28)25-23(27)29)13-16(21(32-3)20(22)24)8-5-15-6-9-17(10-7-15)26-34(4,30)31/h5-13,26H,14H2,1-4H3,(H,25,28,29)/b8-5+. The van der Waals surface area contributed by atoms with Gasteiger partial charge in [-0.05, 0) is 23.8 Å². The van der Waals surface area contributed by atoms with Crippen molar-refractivity contribution in [3.63, 3.8) is 0 Å². The molecular formula is C24H25N3O6S. The zero-order valence-corrected chi connectivity index (χ0v) is 20.0. The van der Waals surface area contributed by atoms with Crippen molar-refractivity contribution in [2.45, 2.75) is 19.3 Å². The van der Waals surface area contributed by atoms with Crippen LogP contribution in [0.1, 0.15) is 30.5 Å². The van der Waals surface area contributed by atoms with Crippen LogP contribution in [0.3, 0.4) is 0 Å². The number of ether oxygens (including phenoxy) is 2. The van der Waals surface area contributed by atoms with Gasteiger partial charge in [0.1, 0.15) is 5.75 Å². The van der Waals surface area contributed by atoms with Crippen LogP contribution < -0.4 is 25.4 Å². The summed E-state index contributed by atoms with van der Waals surface area (Å²) in [6.45, 7) is 4.47. The fraction of sp³-hybridized carbons (Fsp3) is 0.250. The first kappa shape index (κ1) is 23.4. The van der Waals surface area contributed by atoms with Gasteiger partial charge in [0.2, 0.25) is 10.0 Å². The van der Waals surface area contributed by atoms with Gasteiger partial charge >= 0.3 is 5.69 Å². The van der Waals surface area contributed by atoms with Crippen molar-refractivity contribution in [1.82, 2.24) is 9.55 Å². The third-order valence-electron chi connectivity index (χ3n) is 5.45. The molecule has 178 valence electrons. The van der Waals surface area contributed by atoms with Crippen molar-refractivity contribution in [2.75, 3.05) is 24.7 Å². The molecule has 3 aromatic rings. The van der Waals surface area contributed by atoms with Crippen molar-refractivity contribution < 1.29 is 17.9 Å². The minimum absolute atomic E-state index is 0.371. The van der Waals surface area contributed by atoms with Gasteiger partial charge in [0.25, 0.3) is 5.56 Å². The molecule has 0 saturated carbocycles. The van der Waals surface area contributed by atoms with Crippen LogP contribution in [0.2, 0.25) is 0 Å². The van der Waals surface area contributed by atoms with E-state index in [0.717, 1.165) is 17.4 Å². The average Bonchev–Trinajstić information content (AvgIpc) is 3.07. The number of sulfonamides is 1. The van der Waals surface area contributed by atoms with Crippen molar-refractivity contribution in [3.05, 3.63) is 80.1 Å². The number of H-pyrrole nitrogens is 1. The number of nitrogens with zero attached hydrogens (tertiary/aromatic N) is 1. The molecule has 1 aliphatic rings. The Hall–Kier alpha value is -3.79. The minimum atomic E-state index is -3.36. The minimum Gasteiger partial charge on any atom is -0.496 e. The van der Waals surface area contributed by atoms with E-state index in [2.05, 4.69) is 9.71 Å². The van der Waals surface area contributed by atoms with Gasteiger partial charge in [-0.1, -0.05) is 38.1 Å². The zero-order valence-electron chi connectivity index (χ0n) is 19.2. The molecule has 34 heavy (non-hydrogen) atoms. The van der Waals surface area contributed by atoms with Crippen LogP contribution in [0.4, 0.5) is 5.69 Å². The van der Waals surface area contributed by atoms with Gasteiger partial charge in [0.15, 0.2) is 5.75 Å². The largest absolute Gasteiger partial charge is 0.496 e. The van der Waals surface area contributed by atoms with Crippen LogP contribution in [-0.4, -0.2) is 37.9 Å². The van der Waals surface area contributed by atoms with Gasteiger partial charge in [-0.25, -0.2) is 13.2 Å². The van der Waals surface area contributed by atoms with E-state index in [4.69, 9.17) is 9.47 Å². The monoisotopic (exact) mass is 483 g/mol. The molecule has 9 nitrogen and oxygen atoms in total. The number of hydrogen-bond acceptors (Lipinski definition) is 6. The molecule has 10 heteroatoms. The Labute approximate surface area is 196 Å². The Kier molecular flexibility index (Phi) is 5.86. The second kappa shape index (κ2) is 8.53. The highest BCUT2D eigenvalue weighted by Crippen LogP contribution is 2.49. The van der Waals surface area contributed by atoms with Crippen LogP contribution in [0.25, 0.3) is 17.8 Å². The van der Waals surface area contributed by atoms with Crippen LogP contribution in [-0.2, 0) is 15.4 Å². The van der Waals surface area contributed by atoms with Crippen molar-refractivity contribution in [3.8, 4) is 17.2 Å². The molecule has 1 aliphatic heterocycles. The molecule has 0 amide bonds. The molecule has 0 radical (unpaired) electrons. The molecule has 0 atom stereocenters. The van der Waals surface area contributed by atoms with Gasteiger partial charge in [0, 0.05) is 34.5 Å². The molecule has 0 saturated heterocycles. The maximum Gasteiger partial charge on any atom is 0.333 e. The molecule has 2 N–H and O–H groups in total. The lowest BCUT2D eigenvalue weighted by molar-refractivity contribution is 0.289. The predicted molar refractivity (Wildman–Crippen MR) is 132 cm³/mol. The highest BCUT2D eigenvalue weighted by atomic mass is 32.2. The summed E-state index contributed by atoms with van der Waals surface area (Å²) in [6, 6.07) is 9.95. The van der Waals surface area contributed by atoms with Crippen LogP contribution in [0.5, 0.6) is 11.5 Å². The lowest BCUT2D eigenvalue weighted by Crippen LogP contribution is -2.27. The van der Waals surface area contributed by atoms with Crippen molar-refractivity contribution >= 4 is 27.9 Å². The van der Waals surface area contributed by atoms with E-state index in [1.165, 1.54) is 16.8 Å².